The zero-order valence-corrected chi connectivity index (χ0v) is 22.6. The number of carboxylic acid groups (broad SMARTS) is 1. The molecule has 0 radical (unpaired) electrons. The van der Waals surface area contributed by atoms with E-state index in [2.05, 4.69) is 25.9 Å². The number of hydrogen-bond donors (Lipinski definition) is 7. The van der Waals surface area contributed by atoms with Gasteiger partial charge in [-0.2, -0.15) is 0 Å². The number of carbonyl (C=O) groups excluding carboxylic acids is 3. The van der Waals surface area contributed by atoms with Gasteiger partial charge < -0.3 is 37.5 Å². The summed E-state index contributed by atoms with van der Waals surface area (Å²) in [6, 6.07) is 5.19. The van der Waals surface area contributed by atoms with E-state index in [1.807, 2.05) is 37.3 Å². The summed E-state index contributed by atoms with van der Waals surface area (Å²) in [6.45, 7) is 3.97. The van der Waals surface area contributed by atoms with Crippen molar-refractivity contribution < 1.29 is 24.3 Å². The Bertz CT molecular complexity index is 1050. The van der Waals surface area contributed by atoms with Crippen LogP contribution in [0.2, 0.25) is 0 Å². The molecule has 2 aromatic rings. The second kappa shape index (κ2) is 16.2. The SMILES string of the molecule is CCC(C)C(NC(=O)C(CCCCN)NC(=O)C(Cc1cnc[nH]1)NC(=O)C(N)Cc1ccccc1)C(=O)O. The first kappa shape index (κ1) is 31.4. The minimum absolute atomic E-state index is 0.0807. The highest BCUT2D eigenvalue weighted by atomic mass is 16.4. The number of aliphatic carboxylic acids is 1. The Labute approximate surface area is 228 Å². The van der Waals surface area contributed by atoms with Crippen LogP contribution in [0.5, 0.6) is 0 Å². The van der Waals surface area contributed by atoms with Crippen molar-refractivity contribution >= 4 is 23.7 Å². The Morgan fingerprint density at radius 1 is 0.974 bits per heavy atom. The summed E-state index contributed by atoms with van der Waals surface area (Å²) in [5.74, 6) is -3.20. The minimum Gasteiger partial charge on any atom is -0.480 e. The first-order valence-corrected chi connectivity index (χ1v) is 13.3. The molecule has 0 aliphatic carbocycles. The number of carboxylic acids is 1. The molecular weight excluding hydrogens is 502 g/mol. The molecule has 0 aliphatic heterocycles. The van der Waals surface area contributed by atoms with Gasteiger partial charge in [0, 0.05) is 18.3 Å². The fourth-order valence-electron chi connectivity index (χ4n) is 4.04. The van der Waals surface area contributed by atoms with Crippen LogP contribution in [0.3, 0.4) is 0 Å². The molecule has 214 valence electrons. The normalized spacial score (nSPS) is 14.9. The largest absolute Gasteiger partial charge is 0.480 e. The number of amides is 3. The molecule has 0 aliphatic rings. The number of H-pyrrole nitrogens is 1. The molecule has 39 heavy (non-hydrogen) atoms. The van der Waals surface area contributed by atoms with Gasteiger partial charge in [0.25, 0.3) is 0 Å². The van der Waals surface area contributed by atoms with Gasteiger partial charge in [-0.3, -0.25) is 14.4 Å². The van der Waals surface area contributed by atoms with Gasteiger partial charge in [0.1, 0.15) is 18.1 Å². The average Bonchev–Trinajstić information content (AvgIpc) is 3.43. The molecule has 0 fully saturated rings. The van der Waals surface area contributed by atoms with E-state index in [1.165, 1.54) is 12.5 Å². The highest BCUT2D eigenvalue weighted by molar-refractivity contribution is 5.94. The quantitative estimate of drug-likeness (QED) is 0.137. The third-order valence-corrected chi connectivity index (χ3v) is 6.60. The fraction of sp³-hybridized carbons (Fsp3) is 0.519. The molecule has 0 bridgehead atoms. The number of hydrogen-bond acceptors (Lipinski definition) is 7. The average molecular weight is 544 g/mol. The number of nitrogens with one attached hydrogen (secondary N) is 4. The van der Waals surface area contributed by atoms with Gasteiger partial charge >= 0.3 is 5.97 Å². The van der Waals surface area contributed by atoms with Crippen molar-refractivity contribution in [1.29, 1.82) is 0 Å². The second-order valence-corrected chi connectivity index (χ2v) is 9.69. The number of aromatic nitrogens is 2. The van der Waals surface area contributed by atoms with Gasteiger partial charge in [-0.15, -0.1) is 0 Å². The van der Waals surface area contributed by atoms with Gasteiger partial charge in [-0.05, 0) is 43.7 Å². The number of benzene rings is 1. The summed E-state index contributed by atoms with van der Waals surface area (Å²) in [7, 11) is 0. The molecule has 1 aromatic carbocycles. The van der Waals surface area contributed by atoms with Gasteiger partial charge in [-0.1, -0.05) is 50.6 Å². The zero-order chi connectivity index (χ0) is 28.8. The molecule has 5 atom stereocenters. The van der Waals surface area contributed by atoms with Crippen LogP contribution < -0.4 is 27.4 Å². The van der Waals surface area contributed by atoms with Crippen molar-refractivity contribution in [2.75, 3.05) is 6.54 Å². The standard InChI is InChI=1S/C27H41N7O5/c1-3-17(2)23(27(38)39)34-25(36)21(11-7-8-12-28)32-26(37)22(14-19-15-30-16-31-19)33-24(35)20(29)13-18-9-5-4-6-10-18/h4-6,9-10,15-17,20-23H,3,7-8,11-14,28-29H2,1-2H3,(H,30,31)(H,32,37)(H,33,35)(H,34,36)(H,38,39). The number of aromatic amines is 1. The van der Waals surface area contributed by atoms with Gasteiger partial charge in [0.2, 0.25) is 17.7 Å². The van der Waals surface area contributed by atoms with Crippen LogP contribution in [0, 0.1) is 5.92 Å². The van der Waals surface area contributed by atoms with Crippen molar-refractivity contribution in [2.24, 2.45) is 17.4 Å². The smallest absolute Gasteiger partial charge is 0.326 e. The number of carbonyl (C=O) groups is 4. The molecule has 12 heteroatoms. The molecule has 0 spiro atoms. The Balaban J connectivity index is 2.18. The van der Waals surface area contributed by atoms with Crippen LogP contribution in [0.1, 0.15) is 50.8 Å². The highest BCUT2D eigenvalue weighted by Gasteiger charge is 2.32. The predicted molar refractivity (Wildman–Crippen MR) is 146 cm³/mol. The van der Waals surface area contributed by atoms with Crippen molar-refractivity contribution in [1.82, 2.24) is 25.9 Å². The minimum atomic E-state index is -1.15. The van der Waals surface area contributed by atoms with Crippen LogP contribution in [0.25, 0.3) is 0 Å². The maximum Gasteiger partial charge on any atom is 0.326 e. The summed E-state index contributed by atoms with van der Waals surface area (Å²) >= 11 is 0. The zero-order valence-electron chi connectivity index (χ0n) is 22.6. The number of nitrogens with two attached hydrogens (primary N) is 2. The lowest BCUT2D eigenvalue weighted by atomic mass is 9.98. The van der Waals surface area contributed by atoms with Gasteiger partial charge in [-0.25, -0.2) is 9.78 Å². The van der Waals surface area contributed by atoms with Crippen LogP contribution in [0.4, 0.5) is 0 Å². The monoisotopic (exact) mass is 543 g/mol. The van der Waals surface area contributed by atoms with Gasteiger partial charge in [0.15, 0.2) is 0 Å². The molecule has 12 nitrogen and oxygen atoms in total. The number of rotatable bonds is 17. The summed E-state index contributed by atoms with van der Waals surface area (Å²) in [6.07, 6.45) is 5.30. The molecule has 3 amide bonds. The first-order valence-electron chi connectivity index (χ1n) is 13.3. The lowest BCUT2D eigenvalue weighted by molar-refractivity contribution is -0.144. The third kappa shape index (κ3) is 10.5. The van der Waals surface area contributed by atoms with Crippen LogP contribution in [-0.4, -0.2) is 69.5 Å². The van der Waals surface area contributed by atoms with E-state index in [0.717, 1.165) is 5.56 Å². The Morgan fingerprint density at radius 2 is 1.64 bits per heavy atom. The Kier molecular flexibility index (Phi) is 13.1. The fourth-order valence-corrected chi connectivity index (χ4v) is 4.04. The van der Waals surface area contributed by atoms with Crippen LogP contribution >= 0.6 is 0 Å². The molecule has 0 saturated heterocycles. The van der Waals surface area contributed by atoms with Crippen molar-refractivity contribution in [2.45, 2.75) is 76.5 Å². The van der Waals surface area contributed by atoms with E-state index in [9.17, 15) is 24.3 Å². The second-order valence-electron chi connectivity index (χ2n) is 9.69. The third-order valence-electron chi connectivity index (χ3n) is 6.60. The molecule has 2 rings (SSSR count). The van der Waals surface area contributed by atoms with Gasteiger partial charge in [0.05, 0.1) is 12.4 Å². The lowest BCUT2D eigenvalue weighted by Gasteiger charge is -2.26. The van der Waals surface area contributed by atoms with E-state index in [-0.39, 0.29) is 25.2 Å². The number of unbranched alkanes of at least 4 members (excludes halogenated alkanes) is 1. The maximum atomic E-state index is 13.4. The maximum absolute atomic E-state index is 13.4. The summed E-state index contributed by atoms with van der Waals surface area (Å²) in [4.78, 5) is 58.1. The highest BCUT2D eigenvalue weighted by Crippen LogP contribution is 2.10. The summed E-state index contributed by atoms with van der Waals surface area (Å²) in [5, 5.41) is 17.6. The predicted octanol–water partition coefficient (Wildman–Crippen LogP) is 0.236. The number of nitrogens with zero attached hydrogens (tertiary/aromatic N) is 1. The Morgan fingerprint density at radius 3 is 2.23 bits per heavy atom. The van der Waals surface area contributed by atoms with E-state index < -0.39 is 47.9 Å². The summed E-state index contributed by atoms with van der Waals surface area (Å²) < 4.78 is 0. The molecule has 5 unspecified atom stereocenters. The van der Waals surface area contributed by atoms with Crippen LogP contribution in [-0.2, 0) is 32.0 Å². The van der Waals surface area contributed by atoms with Crippen molar-refractivity contribution in [3.05, 3.63) is 54.1 Å². The van der Waals surface area contributed by atoms with E-state index >= 15 is 0 Å². The van der Waals surface area contributed by atoms with E-state index in [4.69, 9.17) is 11.5 Å². The molecule has 9 N–H and O–H groups in total. The van der Waals surface area contributed by atoms with Crippen LogP contribution in [0.15, 0.2) is 42.9 Å². The first-order chi connectivity index (χ1) is 18.7. The molecular formula is C27H41N7O5. The topological polar surface area (TPSA) is 205 Å². The van der Waals surface area contributed by atoms with Crippen molar-refractivity contribution in [3.63, 3.8) is 0 Å². The molecule has 1 heterocycles. The molecule has 0 saturated carbocycles. The van der Waals surface area contributed by atoms with E-state index in [1.54, 1.807) is 6.92 Å². The Hall–Kier alpha value is -3.77. The summed E-state index contributed by atoms with van der Waals surface area (Å²) in [5.41, 5.74) is 13.2. The van der Waals surface area contributed by atoms with Crippen molar-refractivity contribution in [3.8, 4) is 0 Å². The number of imidazole rings is 1. The molecule has 1 aromatic heterocycles. The lowest BCUT2D eigenvalue weighted by Crippen LogP contribution is -2.58. The van der Waals surface area contributed by atoms with E-state index in [0.29, 0.717) is 31.5 Å².